The van der Waals surface area contributed by atoms with E-state index in [1.54, 1.807) is 7.11 Å². The van der Waals surface area contributed by atoms with Gasteiger partial charge in [-0.25, -0.2) is 0 Å². The first kappa shape index (κ1) is 17.6. The molecular formula is C23H23NO3. The fourth-order valence-corrected chi connectivity index (χ4v) is 4.21. The van der Waals surface area contributed by atoms with E-state index in [1.807, 2.05) is 30.3 Å². The van der Waals surface area contributed by atoms with Gasteiger partial charge in [0.2, 0.25) is 0 Å². The zero-order valence-electron chi connectivity index (χ0n) is 15.3. The Kier molecular flexibility index (Phi) is 4.82. The second kappa shape index (κ2) is 7.41. The zero-order chi connectivity index (χ0) is 18.8. The Morgan fingerprint density at radius 2 is 1.89 bits per heavy atom. The highest BCUT2D eigenvalue weighted by Gasteiger charge is 2.37. The molecule has 1 fully saturated rings. The first-order valence-corrected chi connectivity index (χ1v) is 9.29. The van der Waals surface area contributed by atoms with Gasteiger partial charge >= 0.3 is 5.97 Å². The van der Waals surface area contributed by atoms with E-state index in [2.05, 4.69) is 41.3 Å². The maximum atomic E-state index is 11.9. The standard InChI is InChI=1S/C23H23NO3/c1-27-18-10-4-9-17(15-18)22(24-14-6-13-21(24)23(25)26)20-12-5-8-16-7-2-3-11-19(16)20/h2-5,7-12,15,21-22H,6,13-14H2,1H3,(H,25,26). The first-order valence-electron chi connectivity index (χ1n) is 9.29. The molecule has 3 aromatic carbocycles. The number of rotatable bonds is 5. The lowest BCUT2D eigenvalue weighted by molar-refractivity contribution is -0.142. The molecule has 4 rings (SSSR count). The number of likely N-dealkylation sites (tertiary alicyclic amines) is 1. The lowest BCUT2D eigenvalue weighted by Crippen LogP contribution is -2.39. The number of hydrogen-bond donors (Lipinski definition) is 1. The van der Waals surface area contributed by atoms with Gasteiger partial charge < -0.3 is 9.84 Å². The van der Waals surface area contributed by atoms with Crippen LogP contribution in [0.1, 0.15) is 30.0 Å². The lowest BCUT2D eigenvalue weighted by atomic mass is 9.92. The van der Waals surface area contributed by atoms with E-state index < -0.39 is 12.0 Å². The van der Waals surface area contributed by atoms with Crippen LogP contribution >= 0.6 is 0 Å². The van der Waals surface area contributed by atoms with E-state index in [9.17, 15) is 9.90 Å². The molecule has 0 bridgehead atoms. The normalized spacial score (nSPS) is 18.5. The summed E-state index contributed by atoms with van der Waals surface area (Å²) < 4.78 is 5.43. The Hall–Kier alpha value is -2.85. The highest BCUT2D eigenvalue weighted by molar-refractivity contribution is 5.86. The van der Waals surface area contributed by atoms with Crippen molar-refractivity contribution in [2.45, 2.75) is 24.9 Å². The molecule has 3 aromatic rings. The quantitative estimate of drug-likeness (QED) is 0.728. The maximum absolute atomic E-state index is 11.9. The largest absolute Gasteiger partial charge is 0.497 e. The smallest absolute Gasteiger partial charge is 0.320 e. The third-order valence-corrected chi connectivity index (χ3v) is 5.44. The number of hydrogen-bond acceptors (Lipinski definition) is 3. The SMILES string of the molecule is COc1cccc(C(c2cccc3ccccc23)N2CCCC2C(=O)O)c1. The Labute approximate surface area is 159 Å². The minimum Gasteiger partial charge on any atom is -0.497 e. The van der Waals surface area contributed by atoms with Crippen molar-refractivity contribution in [3.8, 4) is 5.75 Å². The average molecular weight is 361 g/mol. The van der Waals surface area contributed by atoms with Gasteiger partial charge in [0.25, 0.3) is 0 Å². The summed E-state index contributed by atoms with van der Waals surface area (Å²) in [6.45, 7) is 0.766. The molecule has 2 atom stereocenters. The molecule has 0 aromatic heterocycles. The molecule has 1 aliphatic heterocycles. The highest BCUT2D eigenvalue weighted by Crippen LogP contribution is 2.38. The fraction of sp³-hybridized carbons (Fsp3) is 0.261. The number of methoxy groups -OCH3 is 1. The molecule has 0 spiro atoms. The number of carboxylic acid groups (broad SMARTS) is 1. The van der Waals surface area contributed by atoms with Crippen LogP contribution in [0.4, 0.5) is 0 Å². The topological polar surface area (TPSA) is 49.8 Å². The van der Waals surface area contributed by atoms with Gasteiger partial charge in [0.05, 0.1) is 13.2 Å². The molecule has 2 unspecified atom stereocenters. The molecule has 0 aliphatic carbocycles. The number of carbonyl (C=O) groups is 1. The molecule has 138 valence electrons. The zero-order valence-corrected chi connectivity index (χ0v) is 15.3. The molecule has 1 heterocycles. The summed E-state index contributed by atoms with van der Waals surface area (Å²) >= 11 is 0. The van der Waals surface area contributed by atoms with Crippen LogP contribution in [0.3, 0.4) is 0 Å². The summed E-state index contributed by atoms with van der Waals surface area (Å²) in [6, 6.07) is 21.9. The van der Waals surface area contributed by atoms with Gasteiger partial charge in [0, 0.05) is 6.54 Å². The molecule has 1 saturated heterocycles. The van der Waals surface area contributed by atoms with Crippen molar-refractivity contribution in [1.82, 2.24) is 4.90 Å². The Morgan fingerprint density at radius 1 is 1.11 bits per heavy atom. The van der Waals surface area contributed by atoms with Crippen LogP contribution in [-0.4, -0.2) is 35.7 Å². The van der Waals surface area contributed by atoms with Crippen LogP contribution in [0.15, 0.2) is 66.7 Å². The van der Waals surface area contributed by atoms with Crippen molar-refractivity contribution < 1.29 is 14.6 Å². The molecule has 1 N–H and O–H groups in total. The lowest BCUT2D eigenvalue weighted by Gasteiger charge is -2.33. The van der Waals surface area contributed by atoms with Crippen molar-refractivity contribution >= 4 is 16.7 Å². The van der Waals surface area contributed by atoms with Crippen LogP contribution < -0.4 is 4.74 Å². The second-order valence-corrected chi connectivity index (χ2v) is 6.98. The summed E-state index contributed by atoms with van der Waals surface area (Å²) in [7, 11) is 1.65. The molecule has 0 radical (unpaired) electrons. The van der Waals surface area contributed by atoms with E-state index in [1.165, 1.54) is 0 Å². The summed E-state index contributed by atoms with van der Waals surface area (Å²) in [5.74, 6) is 0.0319. The Bertz CT molecular complexity index is 963. The molecule has 4 nitrogen and oxygen atoms in total. The van der Waals surface area contributed by atoms with E-state index in [0.29, 0.717) is 6.42 Å². The molecule has 4 heteroatoms. The number of fused-ring (bicyclic) bond motifs is 1. The fourth-order valence-electron chi connectivity index (χ4n) is 4.21. The van der Waals surface area contributed by atoms with Crippen molar-refractivity contribution in [1.29, 1.82) is 0 Å². The van der Waals surface area contributed by atoms with E-state index >= 15 is 0 Å². The molecule has 0 amide bonds. The number of nitrogens with zero attached hydrogens (tertiary/aromatic N) is 1. The van der Waals surface area contributed by atoms with Gasteiger partial charge in [0.15, 0.2) is 0 Å². The molecule has 27 heavy (non-hydrogen) atoms. The monoisotopic (exact) mass is 361 g/mol. The summed E-state index contributed by atoms with van der Waals surface area (Å²) in [6.07, 6.45) is 1.57. The minimum absolute atomic E-state index is 0.130. The summed E-state index contributed by atoms with van der Waals surface area (Å²) in [5, 5.41) is 12.1. The predicted molar refractivity (Wildman–Crippen MR) is 106 cm³/mol. The minimum atomic E-state index is -0.749. The molecule has 0 saturated carbocycles. The van der Waals surface area contributed by atoms with Gasteiger partial charge in [-0.05, 0) is 46.9 Å². The van der Waals surface area contributed by atoms with Crippen molar-refractivity contribution in [3.63, 3.8) is 0 Å². The van der Waals surface area contributed by atoms with Gasteiger partial charge in [-0.15, -0.1) is 0 Å². The second-order valence-electron chi connectivity index (χ2n) is 6.98. The van der Waals surface area contributed by atoms with Gasteiger partial charge in [0.1, 0.15) is 11.8 Å². The van der Waals surface area contributed by atoms with Crippen molar-refractivity contribution in [2.75, 3.05) is 13.7 Å². The van der Waals surface area contributed by atoms with Crippen LogP contribution in [-0.2, 0) is 4.79 Å². The predicted octanol–water partition coefficient (Wildman–Crippen LogP) is 4.49. The molecule has 1 aliphatic rings. The third kappa shape index (κ3) is 3.28. The van der Waals surface area contributed by atoms with E-state index in [-0.39, 0.29) is 6.04 Å². The average Bonchev–Trinajstić information content (AvgIpc) is 3.18. The van der Waals surface area contributed by atoms with Gasteiger partial charge in [-0.2, -0.15) is 0 Å². The first-order chi connectivity index (χ1) is 13.2. The van der Waals surface area contributed by atoms with E-state index in [4.69, 9.17) is 4.74 Å². The van der Waals surface area contributed by atoms with Crippen LogP contribution in [0.2, 0.25) is 0 Å². The van der Waals surface area contributed by atoms with Gasteiger partial charge in [-0.1, -0.05) is 54.6 Å². The Balaban J connectivity index is 1.91. The number of benzene rings is 3. The maximum Gasteiger partial charge on any atom is 0.320 e. The Morgan fingerprint density at radius 3 is 2.70 bits per heavy atom. The number of ether oxygens (including phenoxy) is 1. The summed E-state index contributed by atoms with van der Waals surface area (Å²) in [5.41, 5.74) is 2.19. The van der Waals surface area contributed by atoms with Crippen LogP contribution in [0.5, 0.6) is 5.75 Å². The van der Waals surface area contributed by atoms with Crippen LogP contribution in [0.25, 0.3) is 10.8 Å². The number of aliphatic carboxylic acids is 1. The van der Waals surface area contributed by atoms with E-state index in [0.717, 1.165) is 40.6 Å². The van der Waals surface area contributed by atoms with Gasteiger partial charge in [-0.3, -0.25) is 9.69 Å². The van der Waals surface area contributed by atoms with Crippen molar-refractivity contribution in [3.05, 3.63) is 77.9 Å². The van der Waals surface area contributed by atoms with Crippen molar-refractivity contribution in [2.24, 2.45) is 0 Å². The summed E-state index contributed by atoms with van der Waals surface area (Å²) in [4.78, 5) is 14.0. The number of carboxylic acids is 1. The van der Waals surface area contributed by atoms with Crippen LogP contribution in [0, 0.1) is 0 Å². The highest BCUT2D eigenvalue weighted by atomic mass is 16.5. The third-order valence-electron chi connectivity index (χ3n) is 5.44. The molecular weight excluding hydrogens is 338 g/mol.